The number of ether oxygens (including phenoxy) is 1. The van der Waals surface area contributed by atoms with Gasteiger partial charge < -0.3 is 10.1 Å². The topological polar surface area (TPSA) is 103 Å². The molecule has 0 radical (unpaired) electrons. The third-order valence-corrected chi connectivity index (χ3v) is 5.20. The fraction of sp³-hybridized carbons (Fsp3) is 0.192. The summed E-state index contributed by atoms with van der Waals surface area (Å²) in [7, 11) is 1.56. The molecule has 0 aliphatic heterocycles. The number of carbonyl (C=O) groups is 2. The normalized spacial score (nSPS) is 10.9. The van der Waals surface area contributed by atoms with Crippen molar-refractivity contribution in [2.75, 3.05) is 7.11 Å². The van der Waals surface area contributed by atoms with Crippen LogP contribution < -0.4 is 15.6 Å². The molecule has 8 heteroatoms. The van der Waals surface area contributed by atoms with Gasteiger partial charge in [0.1, 0.15) is 24.4 Å². The van der Waals surface area contributed by atoms with Crippen molar-refractivity contribution in [3.8, 4) is 28.4 Å². The third kappa shape index (κ3) is 4.71. The van der Waals surface area contributed by atoms with E-state index >= 15 is 0 Å². The summed E-state index contributed by atoms with van der Waals surface area (Å²) >= 11 is 0. The first-order valence-corrected chi connectivity index (χ1v) is 10.8. The lowest BCUT2D eigenvalue weighted by Gasteiger charge is -2.15. The van der Waals surface area contributed by atoms with E-state index in [1.807, 2.05) is 19.9 Å². The van der Waals surface area contributed by atoms with Crippen LogP contribution in [-0.2, 0) is 11.3 Å². The number of nitrogens with zero attached hydrogens (tertiary/aromatic N) is 3. The number of methoxy groups -OCH3 is 1. The Morgan fingerprint density at radius 1 is 1.06 bits per heavy atom. The molecule has 0 atom stereocenters. The summed E-state index contributed by atoms with van der Waals surface area (Å²) in [5, 5.41) is 2.81. The van der Waals surface area contributed by atoms with Crippen molar-refractivity contribution in [3.63, 3.8) is 0 Å². The van der Waals surface area contributed by atoms with Gasteiger partial charge in [0.15, 0.2) is 5.52 Å². The van der Waals surface area contributed by atoms with Crippen LogP contribution in [0.4, 0.5) is 0 Å². The van der Waals surface area contributed by atoms with Crippen molar-refractivity contribution in [2.45, 2.75) is 26.4 Å². The van der Waals surface area contributed by atoms with Gasteiger partial charge in [-0.2, -0.15) is 0 Å². The number of pyridine rings is 1. The van der Waals surface area contributed by atoms with Gasteiger partial charge in [0.25, 0.3) is 5.56 Å². The molecular weight excluding hydrogens is 432 g/mol. The zero-order valence-corrected chi connectivity index (χ0v) is 19.1. The van der Waals surface area contributed by atoms with Gasteiger partial charge in [-0.05, 0) is 44.2 Å². The molecule has 4 rings (SSSR count). The first kappa shape index (κ1) is 22.8. The van der Waals surface area contributed by atoms with Gasteiger partial charge >= 0.3 is 0 Å². The lowest BCUT2D eigenvalue weighted by Crippen LogP contribution is -2.37. The summed E-state index contributed by atoms with van der Waals surface area (Å²) in [6, 6.07) is 17.5. The van der Waals surface area contributed by atoms with Crippen LogP contribution in [-0.4, -0.2) is 39.9 Å². The van der Waals surface area contributed by atoms with E-state index in [0.29, 0.717) is 39.5 Å². The Kier molecular flexibility index (Phi) is 6.49. The van der Waals surface area contributed by atoms with Gasteiger partial charge in [-0.3, -0.25) is 19.0 Å². The fourth-order valence-corrected chi connectivity index (χ4v) is 3.67. The number of rotatable bonds is 7. The number of aromatic nitrogens is 3. The minimum atomic E-state index is -0.435. The van der Waals surface area contributed by atoms with Gasteiger partial charge in [0.05, 0.1) is 18.3 Å². The average Bonchev–Trinajstić information content (AvgIpc) is 2.85. The van der Waals surface area contributed by atoms with E-state index in [1.165, 1.54) is 4.57 Å². The lowest BCUT2D eigenvalue weighted by atomic mass is 10.1. The van der Waals surface area contributed by atoms with Gasteiger partial charge in [0, 0.05) is 22.7 Å². The number of nitrogens with one attached hydrogen (secondary N) is 1. The van der Waals surface area contributed by atoms with Crippen LogP contribution in [0.3, 0.4) is 0 Å². The number of fused-ring (bicyclic) bond motifs is 1. The van der Waals surface area contributed by atoms with Crippen molar-refractivity contribution in [1.29, 1.82) is 0 Å². The molecule has 0 saturated carbocycles. The summed E-state index contributed by atoms with van der Waals surface area (Å²) in [5.41, 5.74) is 2.48. The van der Waals surface area contributed by atoms with E-state index in [2.05, 4.69) is 10.3 Å². The molecule has 2 aromatic carbocycles. The van der Waals surface area contributed by atoms with Crippen LogP contribution in [0.5, 0.6) is 5.75 Å². The maximum absolute atomic E-state index is 13.6. The monoisotopic (exact) mass is 456 g/mol. The molecule has 2 aromatic heterocycles. The first-order chi connectivity index (χ1) is 16.4. The van der Waals surface area contributed by atoms with E-state index in [-0.39, 0.29) is 24.0 Å². The quantitative estimate of drug-likeness (QED) is 0.427. The van der Waals surface area contributed by atoms with Gasteiger partial charge in [0.2, 0.25) is 5.91 Å². The van der Waals surface area contributed by atoms with Crippen molar-refractivity contribution in [1.82, 2.24) is 19.9 Å². The molecule has 0 spiro atoms. The highest BCUT2D eigenvalue weighted by atomic mass is 16.5. The summed E-state index contributed by atoms with van der Waals surface area (Å²) in [4.78, 5) is 46.6. The maximum Gasteiger partial charge on any atom is 0.280 e. The zero-order valence-electron chi connectivity index (χ0n) is 19.1. The second-order valence-electron chi connectivity index (χ2n) is 8.09. The smallest absolute Gasteiger partial charge is 0.280 e. The van der Waals surface area contributed by atoms with Crippen LogP contribution >= 0.6 is 0 Å². The van der Waals surface area contributed by atoms with Crippen molar-refractivity contribution in [2.24, 2.45) is 0 Å². The molecule has 8 nitrogen and oxygen atoms in total. The van der Waals surface area contributed by atoms with Crippen molar-refractivity contribution in [3.05, 3.63) is 76.6 Å². The molecule has 0 fully saturated rings. The van der Waals surface area contributed by atoms with Crippen LogP contribution in [0.1, 0.15) is 24.2 Å². The average molecular weight is 457 g/mol. The standard InChI is InChI=1S/C26H24N4O4/c1-16(2)27-23(32)14-30-25(19-8-5-9-20(13-19)34-3)29-22-11-10-21(28-24(22)26(30)33)18-7-4-6-17(12-18)15-31/h4-13,15-16H,14H2,1-3H3,(H,27,32). The van der Waals surface area contributed by atoms with E-state index in [1.54, 1.807) is 61.7 Å². The molecule has 1 amide bonds. The maximum atomic E-state index is 13.6. The zero-order chi connectivity index (χ0) is 24.2. The molecule has 1 N–H and O–H groups in total. The van der Waals surface area contributed by atoms with Gasteiger partial charge in [-0.25, -0.2) is 9.97 Å². The minimum Gasteiger partial charge on any atom is -0.497 e. The number of hydrogen-bond donors (Lipinski definition) is 1. The van der Waals surface area contributed by atoms with E-state index in [0.717, 1.165) is 6.29 Å². The van der Waals surface area contributed by atoms with E-state index in [9.17, 15) is 14.4 Å². The summed E-state index contributed by atoms with van der Waals surface area (Å²) in [6.45, 7) is 3.49. The molecule has 172 valence electrons. The molecule has 34 heavy (non-hydrogen) atoms. The first-order valence-electron chi connectivity index (χ1n) is 10.8. The Morgan fingerprint density at radius 3 is 2.56 bits per heavy atom. The van der Waals surface area contributed by atoms with Crippen LogP contribution in [0, 0.1) is 0 Å². The fourth-order valence-electron chi connectivity index (χ4n) is 3.67. The highest BCUT2D eigenvalue weighted by Gasteiger charge is 2.18. The predicted molar refractivity (Wildman–Crippen MR) is 130 cm³/mol. The third-order valence-electron chi connectivity index (χ3n) is 5.20. The molecule has 2 heterocycles. The Morgan fingerprint density at radius 2 is 1.82 bits per heavy atom. The second kappa shape index (κ2) is 9.66. The van der Waals surface area contributed by atoms with E-state index in [4.69, 9.17) is 9.72 Å². The largest absolute Gasteiger partial charge is 0.497 e. The van der Waals surface area contributed by atoms with Crippen molar-refractivity contribution < 1.29 is 14.3 Å². The molecule has 0 unspecified atom stereocenters. The predicted octanol–water partition coefficient (Wildman–Crippen LogP) is 3.47. The number of hydrogen-bond acceptors (Lipinski definition) is 6. The van der Waals surface area contributed by atoms with Crippen LogP contribution in [0.15, 0.2) is 65.5 Å². The molecule has 0 aliphatic rings. The number of aldehydes is 1. The number of benzene rings is 2. The Hall–Kier alpha value is -4.33. The van der Waals surface area contributed by atoms with Crippen LogP contribution in [0.25, 0.3) is 33.7 Å². The number of amides is 1. The highest BCUT2D eigenvalue weighted by Crippen LogP contribution is 2.25. The van der Waals surface area contributed by atoms with Crippen LogP contribution in [0.2, 0.25) is 0 Å². The molecule has 0 bridgehead atoms. The van der Waals surface area contributed by atoms with E-state index < -0.39 is 5.56 Å². The minimum absolute atomic E-state index is 0.0771. The SMILES string of the molecule is COc1cccc(-c2nc3ccc(-c4cccc(C=O)c4)nc3c(=O)n2CC(=O)NC(C)C)c1. The Labute approximate surface area is 196 Å². The summed E-state index contributed by atoms with van der Waals surface area (Å²) in [5.74, 6) is 0.638. The molecule has 4 aromatic rings. The Bertz CT molecular complexity index is 1440. The summed E-state index contributed by atoms with van der Waals surface area (Å²) < 4.78 is 6.65. The molecule has 0 aliphatic carbocycles. The lowest BCUT2D eigenvalue weighted by molar-refractivity contribution is -0.122. The molecule has 0 saturated heterocycles. The summed E-state index contributed by atoms with van der Waals surface area (Å²) in [6.07, 6.45) is 0.757. The number of carbonyl (C=O) groups excluding carboxylic acids is 2. The van der Waals surface area contributed by atoms with Gasteiger partial charge in [-0.1, -0.05) is 30.3 Å². The van der Waals surface area contributed by atoms with Gasteiger partial charge in [-0.15, -0.1) is 0 Å². The Balaban J connectivity index is 1.91. The highest BCUT2D eigenvalue weighted by molar-refractivity contribution is 5.83. The van der Waals surface area contributed by atoms with Crippen molar-refractivity contribution >= 4 is 23.2 Å². The molecular formula is C26H24N4O4. The second-order valence-corrected chi connectivity index (χ2v) is 8.09.